The lowest BCUT2D eigenvalue weighted by atomic mass is 9.99. The molecule has 446 valence electrons. The number of carbonyl (C=O) groups is 3. The van der Waals surface area contributed by atoms with E-state index in [-0.39, 0.29) is 31.1 Å². The molecule has 0 saturated carbocycles. The van der Waals surface area contributed by atoms with E-state index in [9.17, 15) is 14.4 Å². The van der Waals surface area contributed by atoms with Gasteiger partial charge in [-0.3, -0.25) is 14.4 Å². The average molecular weight is 1060 g/mol. The van der Waals surface area contributed by atoms with Gasteiger partial charge in [0.25, 0.3) is 0 Å². The summed E-state index contributed by atoms with van der Waals surface area (Å²) >= 11 is 0. The van der Waals surface area contributed by atoms with Crippen LogP contribution in [0.5, 0.6) is 0 Å². The molecule has 0 heterocycles. The van der Waals surface area contributed by atoms with Crippen molar-refractivity contribution in [2.24, 2.45) is 17.8 Å². The van der Waals surface area contributed by atoms with Crippen molar-refractivity contribution in [3.05, 3.63) is 0 Å². The minimum absolute atomic E-state index is 0.0621. The molecule has 0 aromatic heterocycles. The number of esters is 3. The topological polar surface area (TPSA) is 78.9 Å². The highest BCUT2D eigenvalue weighted by atomic mass is 16.6. The molecule has 0 radical (unpaired) electrons. The van der Waals surface area contributed by atoms with Crippen LogP contribution in [-0.4, -0.2) is 37.2 Å². The third-order valence-electron chi connectivity index (χ3n) is 16.3. The minimum Gasteiger partial charge on any atom is -0.462 e. The van der Waals surface area contributed by atoms with E-state index >= 15 is 0 Å². The Morgan fingerprint density at radius 3 is 0.693 bits per heavy atom. The van der Waals surface area contributed by atoms with E-state index in [1.807, 2.05) is 0 Å². The Balaban J connectivity index is 4.29. The van der Waals surface area contributed by atoms with Crippen molar-refractivity contribution in [1.82, 2.24) is 0 Å². The first-order chi connectivity index (χ1) is 36.6. The fourth-order valence-electron chi connectivity index (χ4n) is 10.7. The highest BCUT2D eigenvalue weighted by Gasteiger charge is 2.20. The molecule has 0 spiro atoms. The predicted octanol–water partition coefficient (Wildman–Crippen LogP) is 23.0. The molecule has 0 rings (SSSR count). The van der Waals surface area contributed by atoms with Crippen molar-refractivity contribution in [3.8, 4) is 0 Å². The summed E-state index contributed by atoms with van der Waals surface area (Å²) in [4.78, 5) is 38.4. The zero-order valence-corrected chi connectivity index (χ0v) is 51.9. The maximum atomic E-state index is 12.9. The van der Waals surface area contributed by atoms with E-state index in [0.29, 0.717) is 19.3 Å². The van der Waals surface area contributed by atoms with Crippen LogP contribution in [-0.2, 0) is 28.6 Å². The zero-order chi connectivity index (χ0) is 54.8. The molecule has 0 aliphatic carbocycles. The first-order valence-corrected chi connectivity index (χ1v) is 34.1. The molecule has 0 fully saturated rings. The van der Waals surface area contributed by atoms with E-state index in [0.717, 1.165) is 75.5 Å². The molecule has 0 saturated heterocycles. The van der Waals surface area contributed by atoms with Gasteiger partial charge in [0.05, 0.1) is 0 Å². The highest BCUT2D eigenvalue weighted by molar-refractivity contribution is 5.71. The largest absolute Gasteiger partial charge is 0.462 e. The Labute approximate surface area is 469 Å². The molecule has 0 aromatic carbocycles. The van der Waals surface area contributed by atoms with Crippen molar-refractivity contribution in [2.45, 2.75) is 394 Å². The van der Waals surface area contributed by atoms with E-state index in [4.69, 9.17) is 14.2 Å². The predicted molar refractivity (Wildman–Crippen MR) is 326 cm³/mol. The average Bonchev–Trinajstić information content (AvgIpc) is 3.39. The number of ether oxygens (including phenoxy) is 3. The van der Waals surface area contributed by atoms with Crippen LogP contribution in [0.25, 0.3) is 0 Å². The van der Waals surface area contributed by atoms with Gasteiger partial charge >= 0.3 is 17.9 Å². The molecule has 6 nitrogen and oxygen atoms in total. The summed E-state index contributed by atoms with van der Waals surface area (Å²) in [7, 11) is 0. The van der Waals surface area contributed by atoms with Gasteiger partial charge in [0.15, 0.2) is 6.10 Å². The van der Waals surface area contributed by atoms with Crippen molar-refractivity contribution in [3.63, 3.8) is 0 Å². The number of unbranched alkanes of at least 4 members (excludes halogenated alkanes) is 44. The molecule has 1 unspecified atom stereocenters. The second-order valence-electron chi connectivity index (χ2n) is 25.0. The van der Waals surface area contributed by atoms with Gasteiger partial charge in [-0.25, -0.2) is 0 Å². The number of rotatable bonds is 62. The minimum atomic E-state index is -0.765. The molecule has 2 atom stereocenters. The molecule has 0 aromatic rings. The molecule has 0 aliphatic heterocycles. The Kier molecular flexibility index (Phi) is 58.8. The fourth-order valence-corrected chi connectivity index (χ4v) is 10.7. The van der Waals surface area contributed by atoms with Gasteiger partial charge < -0.3 is 14.2 Å². The number of carbonyl (C=O) groups excluding carboxylic acids is 3. The quantitative estimate of drug-likeness (QED) is 0.0343. The third-order valence-corrected chi connectivity index (χ3v) is 16.3. The Morgan fingerprint density at radius 2 is 0.467 bits per heavy atom. The zero-order valence-electron chi connectivity index (χ0n) is 51.9. The van der Waals surface area contributed by atoms with Gasteiger partial charge in [-0.15, -0.1) is 0 Å². The first kappa shape index (κ1) is 73.4. The summed E-state index contributed by atoms with van der Waals surface area (Å²) in [5, 5.41) is 0. The Bertz CT molecular complexity index is 1170. The molecule has 0 amide bonds. The highest BCUT2D eigenvalue weighted by Crippen LogP contribution is 2.20. The summed E-state index contributed by atoms with van der Waals surface area (Å²) in [6, 6.07) is 0. The van der Waals surface area contributed by atoms with Crippen molar-refractivity contribution < 1.29 is 28.6 Å². The van der Waals surface area contributed by atoms with Crippen LogP contribution in [0.15, 0.2) is 0 Å². The maximum absolute atomic E-state index is 12.9. The SMILES string of the molecule is CCC(C)CCCCCCCCCCCCCCCCC(=O)OC[C@@H](COC(=O)CCCCCCCCCCCCCCCCCC(C)C)OC(=O)CCCCCCCCCCCCCCCCCCCCC(C)C. The second-order valence-corrected chi connectivity index (χ2v) is 25.0. The monoisotopic (exact) mass is 1060 g/mol. The van der Waals surface area contributed by atoms with Gasteiger partial charge in [-0.2, -0.15) is 0 Å². The Hall–Kier alpha value is -1.59. The number of hydrogen-bond acceptors (Lipinski definition) is 6. The van der Waals surface area contributed by atoms with E-state index < -0.39 is 6.10 Å². The lowest BCUT2D eigenvalue weighted by molar-refractivity contribution is -0.167. The third kappa shape index (κ3) is 61.5. The van der Waals surface area contributed by atoms with Gasteiger partial charge in [0.1, 0.15) is 13.2 Å². The molecule has 0 aliphatic rings. The van der Waals surface area contributed by atoms with Crippen LogP contribution >= 0.6 is 0 Å². The fraction of sp³-hybridized carbons (Fsp3) is 0.957. The molecule has 0 bridgehead atoms. The van der Waals surface area contributed by atoms with E-state index in [2.05, 4.69) is 41.5 Å². The number of hydrogen-bond donors (Lipinski definition) is 0. The van der Waals surface area contributed by atoms with Gasteiger partial charge in [0, 0.05) is 19.3 Å². The summed E-state index contributed by atoms with van der Waals surface area (Å²) in [6.45, 7) is 13.9. The molecule has 6 heteroatoms. The van der Waals surface area contributed by atoms with Crippen LogP contribution in [0.2, 0.25) is 0 Å². The van der Waals surface area contributed by atoms with Crippen LogP contribution in [0.3, 0.4) is 0 Å². The van der Waals surface area contributed by atoms with Gasteiger partial charge in [0.2, 0.25) is 0 Å². The first-order valence-electron chi connectivity index (χ1n) is 34.1. The lowest BCUT2D eigenvalue weighted by Crippen LogP contribution is -2.30. The summed E-state index contributed by atoms with van der Waals surface area (Å²) < 4.78 is 17.0. The van der Waals surface area contributed by atoms with Gasteiger partial charge in [-0.05, 0) is 37.0 Å². The van der Waals surface area contributed by atoms with Crippen molar-refractivity contribution in [2.75, 3.05) is 13.2 Å². The van der Waals surface area contributed by atoms with Crippen LogP contribution in [0.4, 0.5) is 0 Å². The van der Waals surface area contributed by atoms with Crippen LogP contribution in [0.1, 0.15) is 388 Å². The summed E-state index contributed by atoms with van der Waals surface area (Å²) in [5.41, 5.74) is 0. The molecule has 0 N–H and O–H groups in total. The van der Waals surface area contributed by atoms with Crippen LogP contribution < -0.4 is 0 Å². The Morgan fingerprint density at radius 1 is 0.267 bits per heavy atom. The van der Waals surface area contributed by atoms with E-state index in [1.54, 1.807) is 0 Å². The maximum Gasteiger partial charge on any atom is 0.306 e. The van der Waals surface area contributed by atoms with Crippen molar-refractivity contribution in [1.29, 1.82) is 0 Å². The van der Waals surface area contributed by atoms with E-state index in [1.165, 1.54) is 270 Å². The molecular formula is C69H134O6. The van der Waals surface area contributed by atoms with Crippen LogP contribution in [0, 0.1) is 17.8 Å². The van der Waals surface area contributed by atoms with Crippen molar-refractivity contribution >= 4 is 17.9 Å². The summed E-state index contributed by atoms with van der Waals surface area (Å²) in [5.74, 6) is 1.77. The summed E-state index contributed by atoms with van der Waals surface area (Å²) in [6.07, 6.45) is 66.8. The lowest BCUT2D eigenvalue weighted by Gasteiger charge is -2.18. The molecular weight excluding hydrogens is 925 g/mol. The molecule has 75 heavy (non-hydrogen) atoms. The second kappa shape index (κ2) is 60.1. The smallest absolute Gasteiger partial charge is 0.306 e. The van der Waals surface area contributed by atoms with Gasteiger partial charge in [-0.1, -0.05) is 350 Å². The normalized spacial score (nSPS) is 12.5. The standard InChI is InChI=1S/C69H134O6/c1-7-65(6)57-51-45-39-33-27-21-17-18-23-29-35-41-47-53-59-68(71)74-62-66(61-73-67(70)58-52-46-40-34-28-22-16-12-14-20-26-32-38-44-50-56-64(4)5)75-69(72)60-54-48-42-36-30-24-15-11-9-8-10-13-19-25-31-37-43-49-55-63(2)3/h63-66H,7-62H2,1-6H3/t65?,66-/m1/s1.